The van der Waals surface area contributed by atoms with E-state index in [1.807, 2.05) is 6.92 Å². The van der Waals surface area contributed by atoms with Gasteiger partial charge in [-0.05, 0) is 42.8 Å². The molecule has 0 unspecified atom stereocenters. The molecule has 0 aliphatic heterocycles. The Kier molecular flexibility index (Phi) is 8.17. The van der Waals surface area contributed by atoms with Gasteiger partial charge < -0.3 is 15.4 Å². The second-order valence-corrected chi connectivity index (χ2v) is 7.11. The van der Waals surface area contributed by atoms with E-state index in [9.17, 15) is 14.4 Å². The SMILES string of the molecule is CNC(=O)C(=O)N/N=C\c1cc(Br)ccc1OCC(=O)Nc1cc(Cl)ccc1C. The maximum absolute atomic E-state index is 12.2. The first-order chi connectivity index (χ1) is 13.8. The monoisotopic (exact) mass is 480 g/mol. The molecule has 29 heavy (non-hydrogen) atoms. The zero-order valence-electron chi connectivity index (χ0n) is 15.6. The first-order valence-corrected chi connectivity index (χ1v) is 9.50. The maximum atomic E-state index is 12.2. The minimum atomic E-state index is -0.905. The summed E-state index contributed by atoms with van der Waals surface area (Å²) in [4.78, 5) is 34.8. The van der Waals surface area contributed by atoms with Gasteiger partial charge in [-0.2, -0.15) is 5.10 Å². The van der Waals surface area contributed by atoms with Crippen LogP contribution in [0.1, 0.15) is 11.1 Å². The quantitative estimate of drug-likeness (QED) is 0.335. The number of amides is 3. The van der Waals surface area contributed by atoms with Crippen LogP contribution in [0.15, 0.2) is 46.0 Å². The fourth-order valence-corrected chi connectivity index (χ4v) is 2.69. The fourth-order valence-electron chi connectivity index (χ4n) is 2.13. The van der Waals surface area contributed by atoms with Crippen molar-refractivity contribution in [3.05, 3.63) is 57.0 Å². The molecule has 3 amide bonds. The lowest BCUT2D eigenvalue weighted by molar-refractivity contribution is -0.138. The van der Waals surface area contributed by atoms with Crippen molar-refractivity contribution in [2.24, 2.45) is 5.10 Å². The average molecular weight is 482 g/mol. The Balaban J connectivity index is 2.03. The van der Waals surface area contributed by atoms with Crippen LogP contribution in [0.2, 0.25) is 5.02 Å². The van der Waals surface area contributed by atoms with Crippen LogP contribution in [0.25, 0.3) is 0 Å². The second-order valence-electron chi connectivity index (χ2n) is 5.76. The molecular formula is C19H18BrClN4O4. The third-order valence-corrected chi connectivity index (χ3v) is 4.34. The smallest absolute Gasteiger partial charge is 0.329 e. The molecule has 2 aromatic rings. The number of rotatable bonds is 6. The van der Waals surface area contributed by atoms with E-state index in [1.165, 1.54) is 13.3 Å². The van der Waals surface area contributed by atoms with Gasteiger partial charge in [-0.3, -0.25) is 14.4 Å². The van der Waals surface area contributed by atoms with Gasteiger partial charge in [0, 0.05) is 27.8 Å². The van der Waals surface area contributed by atoms with Gasteiger partial charge in [0.25, 0.3) is 5.91 Å². The van der Waals surface area contributed by atoms with E-state index in [0.717, 1.165) is 10.0 Å². The Morgan fingerprint density at radius 3 is 2.66 bits per heavy atom. The molecule has 2 aromatic carbocycles. The number of carbonyl (C=O) groups is 3. The number of nitrogens with zero attached hydrogens (tertiary/aromatic N) is 1. The summed E-state index contributed by atoms with van der Waals surface area (Å²) in [5.41, 5.74) is 4.05. The topological polar surface area (TPSA) is 109 Å². The third-order valence-electron chi connectivity index (χ3n) is 3.61. The normalized spacial score (nSPS) is 10.5. The molecule has 0 heterocycles. The molecule has 0 fully saturated rings. The van der Waals surface area contributed by atoms with Gasteiger partial charge in [-0.15, -0.1) is 0 Å². The van der Waals surface area contributed by atoms with Gasteiger partial charge in [0.1, 0.15) is 5.75 Å². The summed E-state index contributed by atoms with van der Waals surface area (Å²) in [7, 11) is 1.34. The molecule has 8 nitrogen and oxygen atoms in total. The molecular weight excluding hydrogens is 464 g/mol. The van der Waals surface area contributed by atoms with Gasteiger partial charge in [-0.1, -0.05) is 33.6 Å². The van der Waals surface area contributed by atoms with E-state index in [-0.39, 0.29) is 12.5 Å². The van der Waals surface area contributed by atoms with Crippen molar-refractivity contribution in [1.82, 2.24) is 10.7 Å². The van der Waals surface area contributed by atoms with Gasteiger partial charge in [0.15, 0.2) is 6.61 Å². The highest BCUT2D eigenvalue weighted by Gasteiger charge is 2.11. The zero-order valence-corrected chi connectivity index (χ0v) is 17.9. The molecule has 3 N–H and O–H groups in total. The molecule has 0 aromatic heterocycles. The Hall–Kier alpha value is -2.91. The van der Waals surface area contributed by atoms with E-state index < -0.39 is 11.8 Å². The maximum Gasteiger partial charge on any atom is 0.329 e. The summed E-state index contributed by atoms with van der Waals surface area (Å²) in [5, 5.41) is 9.16. The van der Waals surface area contributed by atoms with Crippen LogP contribution < -0.4 is 20.8 Å². The third kappa shape index (κ3) is 6.88. The number of nitrogens with one attached hydrogen (secondary N) is 3. The first kappa shape index (κ1) is 22.4. The predicted molar refractivity (Wildman–Crippen MR) is 114 cm³/mol. The van der Waals surface area contributed by atoms with E-state index >= 15 is 0 Å². The van der Waals surface area contributed by atoms with Gasteiger partial charge in [0.05, 0.1) is 6.21 Å². The van der Waals surface area contributed by atoms with Crippen molar-refractivity contribution >= 4 is 57.2 Å². The second kappa shape index (κ2) is 10.6. The van der Waals surface area contributed by atoms with Crippen molar-refractivity contribution in [3.63, 3.8) is 0 Å². The number of hydrogen-bond donors (Lipinski definition) is 3. The number of halogens is 2. The van der Waals surface area contributed by atoms with Crippen LogP contribution >= 0.6 is 27.5 Å². The van der Waals surface area contributed by atoms with Gasteiger partial charge in [-0.25, -0.2) is 5.43 Å². The number of anilines is 1. The van der Waals surface area contributed by atoms with Crippen LogP contribution in [0.5, 0.6) is 5.75 Å². The average Bonchev–Trinajstić information content (AvgIpc) is 2.69. The standard InChI is InChI=1S/C19H18BrClN4O4/c1-11-3-5-14(21)8-15(11)24-17(26)10-29-16-6-4-13(20)7-12(16)9-23-25-19(28)18(27)22-2/h3-9H,10H2,1-2H3,(H,22,27)(H,24,26)(H,25,28)/b23-9-. The van der Waals surface area contributed by atoms with E-state index in [4.69, 9.17) is 16.3 Å². The summed E-state index contributed by atoms with van der Waals surface area (Å²) in [6, 6.07) is 10.2. The Morgan fingerprint density at radius 2 is 1.93 bits per heavy atom. The Morgan fingerprint density at radius 1 is 1.17 bits per heavy atom. The molecule has 0 aliphatic carbocycles. The number of hydrogen-bond acceptors (Lipinski definition) is 5. The highest BCUT2D eigenvalue weighted by molar-refractivity contribution is 9.10. The minimum absolute atomic E-state index is 0.251. The molecule has 0 spiro atoms. The fraction of sp³-hybridized carbons (Fsp3) is 0.158. The van der Waals surface area contributed by atoms with Crippen LogP contribution in [0.4, 0.5) is 5.69 Å². The number of carbonyl (C=O) groups excluding carboxylic acids is 3. The zero-order chi connectivity index (χ0) is 21.4. The Labute approximate surface area is 180 Å². The van der Waals surface area contributed by atoms with E-state index in [0.29, 0.717) is 22.0 Å². The summed E-state index contributed by atoms with van der Waals surface area (Å²) >= 11 is 9.28. The minimum Gasteiger partial charge on any atom is -0.483 e. The van der Waals surface area contributed by atoms with Crippen LogP contribution in [-0.4, -0.2) is 37.6 Å². The number of likely N-dealkylation sites (N-methyl/N-ethyl adjacent to an activating group) is 1. The molecule has 10 heteroatoms. The van der Waals surface area contributed by atoms with E-state index in [2.05, 4.69) is 37.1 Å². The molecule has 0 radical (unpaired) electrons. The summed E-state index contributed by atoms with van der Waals surface area (Å²) in [6.45, 7) is 1.60. The van der Waals surface area contributed by atoms with Crippen molar-refractivity contribution in [1.29, 1.82) is 0 Å². The number of benzene rings is 2. The molecule has 0 saturated heterocycles. The molecule has 0 saturated carbocycles. The van der Waals surface area contributed by atoms with Crippen molar-refractivity contribution in [2.75, 3.05) is 19.0 Å². The molecule has 2 rings (SSSR count). The molecule has 152 valence electrons. The van der Waals surface area contributed by atoms with Gasteiger partial charge in [0.2, 0.25) is 0 Å². The largest absolute Gasteiger partial charge is 0.483 e. The lowest BCUT2D eigenvalue weighted by Gasteiger charge is -2.11. The lowest BCUT2D eigenvalue weighted by Crippen LogP contribution is -2.35. The number of aryl methyl sites for hydroxylation is 1. The highest BCUT2D eigenvalue weighted by Crippen LogP contribution is 2.23. The first-order valence-electron chi connectivity index (χ1n) is 8.33. The van der Waals surface area contributed by atoms with E-state index in [1.54, 1.807) is 36.4 Å². The Bertz CT molecular complexity index is 965. The van der Waals surface area contributed by atoms with Crippen molar-refractivity contribution in [3.8, 4) is 5.75 Å². The van der Waals surface area contributed by atoms with Crippen molar-refractivity contribution < 1.29 is 19.1 Å². The summed E-state index contributed by atoms with van der Waals surface area (Å²) < 4.78 is 6.31. The van der Waals surface area contributed by atoms with Crippen molar-refractivity contribution in [2.45, 2.75) is 6.92 Å². The summed E-state index contributed by atoms with van der Waals surface area (Å²) in [5.74, 6) is -1.73. The lowest BCUT2D eigenvalue weighted by atomic mass is 10.2. The number of hydrazone groups is 1. The predicted octanol–water partition coefficient (Wildman–Crippen LogP) is 2.62. The summed E-state index contributed by atoms with van der Waals surface area (Å²) in [6.07, 6.45) is 1.31. The van der Waals surface area contributed by atoms with Crippen LogP contribution in [-0.2, 0) is 14.4 Å². The van der Waals surface area contributed by atoms with Gasteiger partial charge >= 0.3 is 11.8 Å². The number of ether oxygens (including phenoxy) is 1. The molecule has 0 aliphatic rings. The highest BCUT2D eigenvalue weighted by atomic mass is 79.9. The molecule has 0 bridgehead atoms. The van der Waals surface area contributed by atoms with Crippen LogP contribution in [0, 0.1) is 6.92 Å². The van der Waals surface area contributed by atoms with Crippen LogP contribution in [0.3, 0.4) is 0 Å². The molecule has 0 atom stereocenters.